The van der Waals surface area contributed by atoms with E-state index >= 15 is 0 Å². The predicted molar refractivity (Wildman–Crippen MR) is 107 cm³/mol. The SMILES string of the molecule is COC(=O)CCC[C@@H](/C=C/Cc1ccccc1)O[Si](C)(C)C(C)(C)C. The Hall–Kier alpha value is -1.39. The molecule has 0 aliphatic carbocycles. The average Bonchev–Trinajstić information content (AvgIpc) is 2.54. The molecule has 0 radical (unpaired) electrons. The molecule has 140 valence electrons. The van der Waals surface area contributed by atoms with Gasteiger partial charge in [0.1, 0.15) is 0 Å². The molecule has 1 aromatic carbocycles. The van der Waals surface area contributed by atoms with Crippen LogP contribution in [0.4, 0.5) is 0 Å². The van der Waals surface area contributed by atoms with Gasteiger partial charge in [0.25, 0.3) is 0 Å². The van der Waals surface area contributed by atoms with Crippen LogP contribution in [0.15, 0.2) is 42.5 Å². The standard InChI is InChI=1S/C21H34O3Si/c1-21(2,3)25(5,6)24-19(16-11-17-20(22)23-4)15-10-14-18-12-8-7-9-13-18/h7-10,12-13,15,19H,11,14,16-17H2,1-6H3/b15-10+/t19-/m1/s1. The zero-order chi connectivity index (χ0) is 18.9. The number of hydrogen-bond acceptors (Lipinski definition) is 3. The summed E-state index contributed by atoms with van der Waals surface area (Å²) in [5.74, 6) is -0.153. The van der Waals surface area contributed by atoms with E-state index in [-0.39, 0.29) is 17.1 Å². The summed E-state index contributed by atoms with van der Waals surface area (Å²) in [6, 6.07) is 10.4. The van der Waals surface area contributed by atoms with Crippen molar-refractivity contribution in [1.29, 1.82) is 0 Å². The highest BCUT2D eigenvalue weighted by atomic mass is 28.4. The van der Waals surface area contributed by atoms with E-state index in [1.807, 2.05) is 6.07 Å². The maximum atomic E-state index is 11.4. The Kier molecular flexibility index (Phi) is 8.60. The van der Waals surface area contributed by atoms with Crippen molar-refractivity contribution in [1.82, 2.24) is 0 Å². The van der Waals surface area contributed by atoms with Crippen LogP contribution >= 0.6 is 0 Å². The molecule has 0 unspecified atom stereocenters. The summed E-state index contributed by atoms with van der Waals surface area (Å²) >= 11 is 0. The van der Waals surface area contributed by atoms with Crippen LogP contribution in [0.3, 0.4) is 0 Å². The van der Waals surface area contributed by atoms with Crippen molar-refractivity contribution in [3.8, 4) is 0 Å². The van der Waals surface area contributed by atoms with Gasteiger partial charge in [-0.3, -0.25) is 4.79 Å². The number of carbonyl (C=O) groups excluding carboxylic acids is 1. The van der Waals surface area contributed by atoms with Crippen molar-refractivity contribution in [2.24, 2.45) is 0 Å². The molecule has 0 N–H and O–H groups in total. The van der Waals surface area contributed by atoms with Gasteiger partial charge in [0.05, 0.1) is 13.2 Å². The zero-order valence-corrected chi connectivity index (χ0v) is 17.7. The molecule has 1 atom stereocenters. The van der Waals surface area contributed by atoms with Gasteiger partial charge < -0.3 is 9.16 Å². The lowest BCUT2D eigenvalue weighted by atomic mass is 10.1. The van der Waals surface area contributed by atoms with Gasteiger partial charge in [-0.05, 0) is 43.0 Å². The van der Waals surface area contributed by atoms with E-state index in [0.717, 1.165) is 19.3 Å². The lowest BCUT2D eigenvalue weighted by molar-refractivity contribution is -0.140. The Morgan fingerprint density at radius 3 is 2.40 bits per heavy atom. The van der Waals surface area contributed by atoms with Gasteiger partial charge in [-0.1, -0.05) is 63.3 Å². The predicted octanol–water partition coefficient (Wildman–Crippen LogP) is 5.52. The molecule has 3 nitrogen and oxygen atoms in total. The molecule has 0 aromatic heterocycles. The van der Waals surface area contributed by atoms with Crippen LogP contribution in [0.2, 0.25) is 18.1 Å². The molecule has 1 aromatic rings. The van der Waals surface area contributed by atoms with Gasteiger partial charge >= 0.3 is 5.97 Å². The molecule has 1 rings (SSSR count). The lowest BCUT2D eigenvalue weighted by Crippen LogP contribution is -2.43. The minimum atomic E-state index is -1.85. The third kappa shape index (κ3) is 8.02. The van der Waals surface area contributed by atoms with E-state index in [0.29, 0.717) is 6.42 Å². The van der Waals surface area contributed by atoms with E-state index in [4.69, 9.17) is 9.16 Å². The van der Waals surface area contributed by atoms with Gasteiger partial charge in [0.15, 0.2) is 8.32 Å². The van der Waals surface area contributed by atoms with E-state index in [1.54, 1.807) is 0 Å². The fraction of sp³-hybridized carbons (Fsp3) is 0.571. The third-order valence-electron chi connectivity index (χ3n) is 4.90. The van der Waals surface area contributed by atoms with Crippen LogP contribution in [0.5, 0.6) is 0 Å². The number of rotatable bonds is 9. The number of ether oxygens (including phenoxy) is 1. The van der Waals surface area contributed by atoms with Crippen molar-refractivity contribution in [3.63, 3.8) is 0 Å². The van der Waals surface area contributed by atoms with E-state index < -0.39 is 8.32 Å². The van der Waals surface area contributed by atoms with Crippen LogP contribution < -0.4 is 0 Å². The zero-order valence-electron chi connectivity index (χ0n) is 16.7. The Morgan fingerprint density at radius 2 is 1.84 bits per heavy atom. The summed E-state index contributed by atoms with van der Waals surface area (Å²) < 4.78 is 11.3. The molecule has 0 heterocycles. The maximum absolute atomic E-state index is 11.4. The second kappa shape index (κ2) is 9.93. The molecule has 0 bridgehead atoms. The Labute approximate surface area is 154 Å². The maximum Gasteiger partial charge on any atom is 0.305 e. The smallest absolute Gasteiger partial charge is 0.305 e. The van der Waals surface area contributed by atoms with Crippen LogP contribution in [0.1, 0.15) is 45.6 Å². The summed E-state index contributed by atoms with van der Waals surface area (Å²) in [5, 5.41) is 0.168. The summed E-state index contributed by atoms with van der Waals surface area (Å²) in [4.78, 5) is 11.4. The summed E-state index contributed by atoms with van der Waals surface area (Å²) in [6.07, 6.45) is 7.37. The molecule has 0 spiro atoms. The molecule has 0 saturated heterocycles. The fourth-order valence-corrected chi connectivity index (χ4v) is 3.58. The van der Waals surface area contributed by atoms with Gasteiger partial charge in [-0.25, -0.2) is 0 Å². The van der Waals surface area contributed by atoms with Crippen LogP contribution in [0, 0.1) is 0 Å². The first-order valence-corrected chi connectivity index (χ1v) is 12.0. The van der Waals surface area contributed by atoms with E-state index in [1.165, 1.54) is 12.7 Å². The molecular formula is C21H34O3Si. The average molecular weight is 363 g/mol. The number of methoxy groups -OCH3 is 1. The quantitative estimate of drug-likeness (QED) is 0.330. The number of hydrogen-bond donors (Lipinski definition) is 0. The Morgan fingerprint density at radius 1 is 1.20 bits per heavy atom. The normalized spacial score (nSPS) is 13.8. The topological polar surface area (TPSA) is 35.5 Å². The molecule has 0 fully saturated rings. The highest BCUT2D eigenvalue weighted by Gasteiger charge is 2.38. The fourth-order valence-electron chi connectivity index (χ4n) is 2.27. The second-order valence-corrected chi connectivity index (χ2v) is 12.8. The highest BCUT2D eigenvalue weighted by Crippen LogP contribution is 2.38. The largest absolute Gasteiger partial charge is 0.469 e. The van der Waals surface area contributed by atoms with Crippen molar-refractivity contribution < 1.29 is 14.0 Å². The number of benzene rings is 1. The van der Waals surface area contributed by atoms with Crippen molar-refractivity contribution in [2.45, 2.75) is 70.7 Å². The van der Waals surface area contributed by atoms with Gasteiger partial charge in [0, 0.05) is 6.42 Å². The minimum absolute atomic E-state index is 0.0502. The van der Waals surface area contributed by atoms with Crippen molar-refractivity contribution >= 4 is 14.3 Å². The van der Waals surface area contributed by atoms with Crippen molar-refractivity contribution in [2.75, 3.05) is 7.11 Å². The van der Waals surface area contributed by atoms with E-state index in [9.17, 15) is 4.79 Å². The molecule has 0 aliphatic rings. The van der Waals surface area contributed by atoms with Gasteiger partial charge in [-0.2, -0.15) is 0 Å². The minimum Gasteiger partial charge on any atom is -0.469 e. The van der Waals surface area contributed by atoms with Gasteiger partial charge in [0.2, 0.25) is 0 Å². The lowest BCUT2D eigenvalue weighted by Gasteiger charge is -2.38. The number of allylic oxidation sites excluding steroid dienone is 1. The molecular weight excluding hydrogens is 328 g/mol. The van der Waals surface area contributed by atoms with E-state index in [2.05, 4.69) is 70.3 Å². The Bertz CT molecular complexity index is 544. The highest BCUT2D eigenvalue weighted by molar-refractivity contribution is 6.74. The first kappa shape index (κ1) is 21.6. The summed E-state index contributed by atoms with van der Waals surface area (Å²) in [5.41, 5.74) is 1.29. The van der Waals surface area contributed by atoms with Crippen LogP contribution in [-0.2, 0) is 20.4 Å². The molecule has 0 saturated carbocycles. The second-order valence-electron chi connectivity index (χ2n) is 8.00. The Balaban J connectivity index is 2.71. The first-order valence-electron chi connectivity index (χ1n) is 9.11. The number of carbonyl (C=O) groups is 1. The molecule has 25 heavy (non-hydrogen) atoms. The first-order chi connectivity index (χ1) is 11.7. The molecule has 0 amide bonds. The van der Waals surface area contributed by atoms with Crippen molar-refractivity contribution in [3.05, 3.63) is 48.0 Å². The summed E-state index contributed by atoms with van der Waals surface area (Å²) in [7, 11) is -0.414. The molecule has 0 aliphatic heterocycles. The monoisotopic (exact) mass is 362 g/mol. The summed E-state index contributed by atoms with van der Waals surface area (Å²) in [6.45, 7) is 11.3. The van der Waals surface area contributed by atoms with Crippen LogP contribution in [-0.4, -0.2) is 27.5 Å². The molecule has 4 heteroatoms. The van der Waals surface area contributed by atoms with Gasteiger partial charge in [-0.15, -0.1) is 0 Å². The number of esters is 1. The third-order valence-corrected chi connectivity index (χ3v) is 9.40. The van der Waals surface area contributed by atoms with Crippen LogP contribution in [0.25, 0.3) is 0 Å².